The topological polar surface area (TPSA) is 39.0 Å². The summed E-state index contributed by atoms with van der Waals surface area (Å²) in [6, 6.07) is 3.78. The largest absolute Gasteiger partial charge is 0.286 e. The van der Waals surface area contributed by atoms with E-state index in [2.05, 4.69) is 15.3 Å². The standard InChI is InChI=1S/C6H5N3/c1-2-5-6(7-3-1)9-4-8-5/h1-4H,(H,7,9)/q+1. The van der Waals surface area contributed by atoms with Crippen LogP contribution in [-0.2, 0) is 0 Å². The van der Waals surface area contributed by atoms with E-state index < -0.39 is 0 Å². The van der Waals surface area contributed by atoms with E-state index in [4.69, 9.17) is 0 Å². The van der Waals surface area contributed by atoms with Crippen LogP contribution in [0.3, 0.4) is 0 Å². The van der Waals surface area contributed by atoms with E-state index in [0.29, 0.717) is 0 Å². The number of aromatic nitrogens is 1. The van der Waals surface area contributed by atoms with Crippen LogP contribution in [0.15, 0.2) is 18.3 Å². The van der Waals surface area contributed by atoms with Crippen molar-refractivity contribution in [2.45, 2.75) is 0 Å². The Hall–Kier alpha value is -1.38. The summed E-state index contributed by atoms with van der Waals surface area (Å²) >= 11 is 0. The fourth-order valence-corrected chi connectivity index (χ4v) is 0.775. The number of aliphatic imine (C=N–C) groups is 1. The molecule has 0 amide bonds. The van der Waals surface area contributed by atoms with Gasteiger partial charge in [-0.25, -0.2) is 10.3 Å². The van der Waals surface area contributed by atoms with Crippen LogP contribution in [0.5, 0.6) is 0 Å². The molecular formula is C6H5N3+. The first kappa shape index (κ1) is 4.49. The Morgan fingerprint density at radius 1 is 1.56 bits per heavy atom. The number of hydrogen-bond acceptors (Lipinski definition) is 3. The molecule has 2 rings (SSSR count). The van der Waals surface area contributed by atoms with Crippen LogP contribution in [0, 0.1) is 0 Å². The smallest absolute Gasteiger partial charge is 0.224 e. The Morgan fingerprint density at radius 2 is 2.56 bits per heavy atom. The molecule has 0 saturated carbocycles. The number of hydrogen-bond donors (Lipinski definition) is 1. The molecule has 1 aromatic rings. The molecule has 2 heterocycles. The molecule has 3 heteroatoms. The predicted molar refractivity (Wildman–Crippen MR) is 35.7 cm³/mol. The molecule has 1 radical (unpaired) electrons. The van der Waals surface area contributed by atoms with E-state index in [1.165, 1.54) is 0 Å². The van der Waals surface area contributed by atoms with Crippen molar-refractivity contribution in [2.75, 3.05) is 5.32 Å². The maximum absolute atomic E-state index is 4.02. The minimum absolute atomic E-state index is 0.845. The number of nitrogens with zero attached hydrogens (tertiary/aromatic N) is 2. The molecule has 1 aliphatic rings. The third-order valence-electron chi connectivity index (χ3n) is 1.19. The van der Waals surface area contributed by atoms with Crippen LogP contribution >= 0.6 is 0 Å². The Morgan fingerprint density at radius 3 is 3.44 bits per heavy atom. The van der Waals surface area contributed by atoms with Crippen LogP contribution < -0.4 is 10.3 Å². The van der Waals surface area contributed by atoms with Gasteiger partial charge >= 0.3 is 0 Å². The van der Waals surface area contributed by atoms with Gasteiger partial charge in [0.2, 0.25) is 5.69 Å². The summed E-state index contributed by atoms with van der Waals surface area (Å²) in [5.41, 5.74) is 0.914. The molecule has 1 aromatic heterocycles. The van der Waals surface area contributed by atoms with Gasteiger partial charge in [-0.1, -0.05) is 0 Å². The minimum Gasteiger partial charge on any atom is -0.224 e. The van der Waals surface area contributed by atoms with Gasteiger partial charge < -0.3 is 0 Å². The van der Waals surface area contributed by atoms with Crippen molar-refractivity contribution >= 4 is 17.8 Å². The molecule has 0 aliphatic carbocycles. The second-order valence-electron chi connectivity index (χ2n) is 1.77. The van der Waals surface area contributed by atoms with Crippen LogP contribution in [0.25, 0.3) is 0 Å². The second-order valence-corrected chi connectivity index (χ2v) is 1.77. The zero-order chi connectivity index (χ0) is 6.10. The molecule has 0 atom stereocenters. The zero-order valence-corrected chi connectivity index (χ0v) is 4.70. The Labute approximate surface area is 52.5 Å². The first-order valence-electron chi connectivity index (χ1n) is 2.71. The maximum atomic E-state index is 4.02. The number of anilines is 1. The van der Waals surface area contributed by atoms with Gasteiger partial charge in [0.05, 0.1) is 0 Å². The molecule has 0 saturated heterocycles. The average molecular weight is 119 g/mol. The van der Waals surface area contributed by atoms with E-state index >= 15 is 0 Å². The van der Waals surface area contributed by atoms with Crippen molar-refractivity contribution in [3.05, 3.63) is 18.3 Å². The minimum atomic E-state index is 0.845. The van der Waals surface area contributed by atoms with Crippen LogP contribution in [-0.4, -0.2) is 11.3 Å². The van der Waals surface area contributed by atoms with Crippen LogP contribution in [0.1, 0.15) is 0 Å². The molecule has 0 spiro atoms. The van der Waals surface area contributed by atoms with Gasteiger partial charge in [-0.15, -0.1) is 0 Å². The van der Waals surface area contributed by atoms with Crippen molar-refractivity contribution in [3.8, 4) is 0 Å². The van der Waals surface area contributed by atoms with Crippen LogP contribution in [0.2, 0.25) is 0 Å². The maximum Gasteiger partial charge on any atom is 0.286 e. The third kappa shape index (κ3) is 0.579. The van der Waals surface area contributed by atoms with Crippen molar-refractivity contribution in [2.24, 2.45) is 0 Å². The highest BCUT2D eigenvalue weighted by molar-refractivity contribution is 5.86. The van der Waals surface area contributed by atoms with Gasteiger partial charge in [-0.2, -0.15) is 0 Å². The quantitative estimate of drug-likeness (QED) is 0.540. The highest BCUT2D eigenvalue weighted by Crippen LogP contribution is 2.17. The lowest BCUT2D eigenvalue weighted by atomic mass is 10.4. The lowest BCUT2D eigenvalue weighted by Crippen LogP contribution is -1.89. The average Bonchev–Trinajstić information content (AvgIpc) is 2.33. The van der Waals surface area contributed by atoms with Gasteiger partial charge in [-0.05, 0) is 17.1 Å². The van der Waals surface area contributed by atoms with Crippen molar-refractivity contribution in [1.82, 2.24) is 9.98 Å². The summed E-state index contributed by atoms with van der Waals surface area (Å²) in [6.45, 7) is 0. The van der Waals surface area contributed by atoms with E-state index in [0.717, 1.165) is 11.5 Å². The SMILES string of the molecule is C1=[N+]c2cccnc2N1. The predicted octanol–water partition coefficient (Wildman–Crippen LogP) is 0.503. The van der Waals surface area contributed by atoms with Crippen molar-refractivity contribution in [3.63, 3.8) is 0 Å². The molecular weight excluding hydrogens is 114 g/mol. The first-order valence-corrected chi connectivity index (χ1v) is 2.71. The molecule has 0 bridgehead atoms. The number of rotatable bonds is 0. The van der Waals surface area contributed by atoms with E-state index in [9.17, 15) is 0 Å². The summed E-state index contributed by atoms with van der Waals surface area (Å²) in [7, 11) is 0. The Bertz CT molecular complexity index is 254. The highest BCUT2D eigenvalue weighted by atomic mass is 15.1. The molecule has 43 valence electrons. The van der Waals surface area contributed by atoms with Crippen molar-refractivity contribution in [1.29, 1.82) is 0 Å². The second kappa shape index (κ2) is 1.55. The van der Waals surface area contributed by atoms with Crippen LogP contribution in [0.4, 0.5) is 11.5 Å². The fraction of sp³-hybridized carbons (Fsp3) is 0. The zero-order valence-electron chi connectivity index (χ0n) is 4.70. The summed E-state index contributed by atoms with van der Waals surface area (Å²) in [5.74, 6) is 0.845. The summed E-state index contributed by atoms with van der Waals surface area (Å²) in [4.78, 5) is 8.02. The molecule has 1 N–H and O–H groups in total. The molecule has 0 aromatic carbocycles. The lowest BCUT2D eigenvalue weighted by molar-refractivity contribution is 1.31. The first-order chi connectivity index (χ1) is 4.47. The highest BCUT2D eigenvalue weighted by Gasteiger charge is 2.14. The molecule has 0 fully saturated rings. The Kier molecular flexibility index (Phi) is 0.773. The van der Waals surface area contributed by atoms with Gasteiger partial charge in [0, 0.05) is 6.20 Å². The lowest BCUT2D eigenvalue weighted by Gasteiger charge is -1.83. The summed E-state index contributed by atoms with van der Waals surface area (Å²) in [6.07, 6.45) is 3.37. The Balaban J connectivity index is 2.63. The van der Waals surface area contributed by atoms with E-state index in [1.54, 1.807) is 12.5 Å². The van der Waals surface area contributed by atoms with E-state index in [-0.39, 0.29) is 0 Å². The monoisotopic (exact) mass is 119 g/mol. The van der Waals surface area contributed by atoms with Gasteiger partial charge in [-0.3, -0.25) is 0 Å². The molecule has 0 unspecified atom stereocenters. The third-order valence-corrected chi connectivity index (χ3v) is 1.19. The van der Waals surface area contributed by atoms with Gasteiger partial charge in [0.1, 0.15) is 0 Å². The normalized spacial score (nSPS) is 12.9. The molecule has 9 heavy (non-hydrogen) atoms. The fourth-order valence-electron chi connectivity index (χ4n) is 0.775. The van der Waals surface area contributed by atoms with E-state index in [1.807, 2.05) is 12.1 Å². The number of pyridine rings is 1. The molecule has 3 nitrogen and oxygen atoms in total. The number of fused-ring (bicyclic) bond motifs is 1. The number of nitrogens with one attached hydrogen (secondary N) is 1. The summed E-state index contributed by atoms with van der Waals surface area (Å²) < 4.78 is 0. The van der Waals surface area contributed by atoms with Gasteiger partial charge in [0.15, 0.2) is 0 Å². The molecule has 1 aliphatic heterocycles. The van der Waals surface area contributed by atoms with Gasteiger partial charge in [0.25, 0.3) is 12.2 Å². The van der Waals surface area contributed by atoms with Crippen molar-refractivity contribution < 1.29 is 0 Å². The summed E-state index contributed by atoms with van der Waals surface area (Å²) in [5, 5.41) is 2.90.